The molecule has 7 nitrogen and oxygen atoms in total. The van der Waals surface area contributed by atoms with Gasteiger partial charge in [-0.2, -0.15) is 0 Å². The molecule has 0 spiro atoms. The summed E-state index contributed by atoms with van der Waals surface area (Å²) in [4.78, 5) is -0.532. The molecule has 0 saturated carbocycles. The number of alkyl halides is 2. The van der Waals surface area contributed by atoms with E-state index < -0.39 is 39.1 Å². The van der Waals surface area contributed by atoms with Gasteiger partial charge in [-0.3, -0.25) is 0 Å². The number of aliphatic hydroxyl groups excluding tert-OH is 1. The normalized spacial score (nSPS) is 13.3. The summed E-state index contributed by atoms with van der Waals surface area (Å²) < 4.78 is 75.7. The van der Waals surface area contributed by atoms with Crippen molar-refractivity contribution >= 4 is 20.0 Å². The summed E-state index contributed by atoms with van der Waals surface area (Å²) in [5, 5.41) is 8.36. The molecule has 0 atom stereocenters. The van der Waals surface area contributed by atoms with Crippen molar-refractivity contribution in [3.8, 4) is 0 Å². The zero-order valence-corrected chi connectivity index (χ0v) is 12.5. The molecule has 120 valence electrons. The van der Waals surface area contributed by atoms with Crippen LogP contribution >= 0.6 is 0 Å². The van der Waals surface area contributed by atoms with E-state index in [9.17, 15) is 25.6 Å². The Morgan fingerprint density at radius 3 is 1.86 bits per heavy atom. The minimum atomic E-state index is -4.23. The fourth-order valence-electron chi connectivity index (χ4n) is 1.26. The summed E-state index contributed by atoms with van der Waals surface area (Å²) >= 11 is 0. The molecular formula is C10H14F2N2O5S2. The lowest BCUT2D eigenvalue weighted by molar-refractivity contribution is -0.0437. The standard InChI is InChI=1S/C10H14F2N2O5S2/c1-13-20(16,17)8-2-4-9(5-3-8)21(18,19)14-6-10(11,12)7-15/h2-5,13-15H,6-7H2,1H3. The van der Waals surface area contributed by atoms with Crippen LogP contribution in [0.25, 0.3) is 0 Å². The topological polar surface area (TPSA) is 113 Å². The van der Waals surface area contributed by atoms with E-state index in [0.717, 1.165) is 24.3 Å². The number of hydrogen-bond acceptors (Lipinski definition) is 5. The highest BCUT2D eigenvalue weighted by atomic mass is 32.2. The van der Waals surface area contributed by atoms with E-state index in [4.69, 9.17) is 5.11 Å². The van der Waals surface area contributed by atoms with Gasteiger partial charge >= 0.3 is 0 Å². The molecule has 0 aromatic heterocycles. The number of halogens is 2. The van der Waals surface area contributed by atoms with Crippen LogP contribution in [0.2, 0.25) is 0 Å². The zero-order chi connectivity index (χ0) is 16.3. The Bertz CT molecular complexity index is 687. The lowest BCUT2D eigenvalue weighted by Crippen LogP contribution is -2.38. The molecule has 11 heteroatoms. The van der Waals surface area contributed by atoms with E-state index in [1.54, 1.807) is 4.72 Å². The summed E-state index contributed by atoms with van der Waals surface area (Å²) in [5.74, 6) is -3.58. The van der Waals surface area contributed by atoms with Crippen LogP contribution in [0.5, 0.6) is 0 Å². The first-order valence-electron chi connectivity index (χ1n) is 5.56. The highest BCUT2D eigenvalue weighted by Crippen LogP contribution is 2.16. The van der Waals surface area contributed by atoms with Crippen LogP contribution in [0.15, 0.2) is 34.1 Å². The van der Waals surface area contributed by atoms with Crippen LogP contribution in [-0.2, 0) is 20.0 Å². The van der Waals surface area contributed by atoms with Gasteiger partial charge in [-0.15, -0.1) is 0 Å². The van der Waals surface area contributed by atoms with Crippen molar-refractivity contribution in [2.45, 2.75) is 15.7 Å². The third-order valence-corrected chi connectivity index (χ3v) is 5.31. The minimum Gasteiger partial charge on any atom is -0.390 e. The lowest BCUT2D eigenvalue weighted by atomic mass is 10.4. The number of rotatable bonds is 7. The van der Waals surface area contributed by atoms with Gasteiger partial charge in [-0.1, -0.05) is 0 Å². The second-order valence-corrected chi connectivity index (χ2v) is 7.67. The van der Waals surface area contributed by atoms with E-state index >= 15 is 0 Å². The van der Waals surface area contributed by atoms with Crippen molar-refractivity contribution in [1.82, 2.24) is 9.44 Å². The van der Waals surface area contributed by atoms with Gasteiger partial charge in [0.2, 0.25) is 20.0 Å². The van der Waals surface area contributed by atoms with Crippen LogP contribution in [-0.4, -0.2) is 48.1 Å². The maximum atomic E-state index is 12.8. The maximum Gasteiger partial charge on any atom is 0.283 e. The molecule has 0 radical (unpaired) electrons. The maximum absolute atomic E-state index is 12.8. The van der Waals surface area contributed by atoms with Crippen molar-refractivity contribution in [2.24, 2.45) is 0 Å². The molecule has 3 N–H and O–H groups in total. The Labute approximate surface area is 121 Å². The van der Waals surface area contributed by atoms with Crippen LogP contribution in [0, 0.1) is 0 Å². The van der Waals surface area contributed by atoms with Crippen LogP contribution in [0.3, 0.4) is 0 Å². The minimum absolute atomic E-state index is 0.162. The van der Waals surface area contributed by atoms with E-state index in [0.29, 0.717) is 0 Å². The van der Waals surface area contributed by atoms with Gasteiger partial charge in [0.25, 0.3) is 5.92 Å². The summed E-state index contributed by atoms with van der Waals surface area (Å²) in [5.41, 5.74) is 0. The molecule has 0 bridgehead atoms. The molecule has 1 aromatic carbocycles. The second kappa shape index (κ2) is 6.32. The van der Waals surface area contributed by atoms with E-state index in [-0.39, 0.29) is 9.79 Å². The molecule has 0 aliphatic heterocycles. The fourth-order valence-corrected chi connectivity index (χ4v) is 3.05. The number of sulfonamides is 2. The molecule has 0 fully saturated rings. The SMILES string of the molecule is CNS(=O)(=O)c1ccc(S(=O)(=O)NCC(F)(F)CO)cc1. The molecule has 0 heterocycles. The largest absolute Gasteiger partial charge is 0.390 e. The van der Waals surface area contributed by atoms with Crippen molar-refractivity contribution in [3.63, 3.8) is 0 Å². The summed E-state index contributed by atoms with van der Waals surface area (Å²) in [7, 11) is -6.75. The molecule has 21 heavy (non-hydrogen) atoms. The Balaban J connectivity index is 2.96. The Kier molecular flexibility index (Phi) is 5.39. The predicted octanol–water partition coefficient (Wildman–Crippen LogP) is -0.499. The molecule has 1 rings (SSSR count). The zero-order valence-electron chi connectivity index (χ0n) is 10.9. The molecule has 0 saturated heterocycles. The van der Waals surface area contributed by atoms with Crippen molar-refractivity contribution in [3.05, 3.63) is 24.3 Å². The molecule has 0 unspecified atom stereocenters. The molecule has 0 aliphatic carbocycles. The molecule has 0 aliphatic rings. The van der Waals surface area contributed by atoms with Crippen LogP contribution in [0.1, 0.15) is 0 Å². The first-order valence-corrected chi connectivity index (χ1v) is 8.53. The molecular weight excluding hydrogens is 330 g/mol. The predicted molar refractivity (Wildman–Crippen MR) is 69.9 cm³/mol. The van der Waals surface area contributed by atoms with Gasteiger partial charge in [0, 0.05) is 0 Å². The van der Waals surface area contributed by atoms with E-state index in [1.165, 1.54) is 7.05 Å². The Morgan fingerprint density at radius 2 is 1.48 bits per heavy atom. The van der Waals surface area contributed by atoms with Crippen molar-refractivity contribution in [1.29, 1.82) is 0 Å². The third-order valence-electron chi connectivity index (χ3n) is 2.47. The number of hydrogen-bond donors (Lipinski definition) is 3. The average Bonchev–Trinajstić information content (AvgIpc) is 2.45. The van der Waals surface area contributed by atoms with Gasteiger partial charge in [0.1, 0.15) is 6.61 Å². The van der Waals surface area contributed by atoms with Crippen LogP contribution < -0.4 is 9.44 Å². The average molecular weight is 344 g/mol. The Morgan fingerprint density at radius 1 is 1.05 bits per heavy atom. The number of nitrogens with one attached hydrogen (secondary N) is 2. The first kappa shape index (κ1) is 17.9. The first-order chi connectivity index (χ1) is 9.54. The molecule has 1 aromatic rings. The van der Waals surface area contributed by atoms with Crippen LogP contribution in [0.4, 0.5) is 8.78 Å². The van der Waals surface area contributed by atoms with Gasteiger partial charge in [0.05, 0.1) is 16.3 Å². The summed E-state index contributed by atoms with van der Waals surface area (Å²) in [6.45, 7) is -2.75. The third kappa shape index (κ3) is 4.68. The van der Waals surface area contributed by atoms with E-state index in [2.05, 4.69) is 0 Å². The summed E-state index contributed by atoms with van der Waals surface area (Å²) in [6.07, 6.45) is 0. The monoisotopic (exact) mass is 344 g/mol. The number of aliphatic hydroxyl groups is 1. The van der Waals surface area contributed by atoms with Crippen molar-refractivity contribution < 1.29 is 30.7 Å². The second-order valence-electron chi connectivity index (χ2n) is 4.02. The fraction of sp³-hybridized carbons (Fsp3) is 0.400. The lowest BCUT2D eigenvalue weighted by Gasteiger charge is -2.14. The Hall–Kier alpha value is -1.14. The highest BCUT2D eigenvalue weighted by molar-refractivity contribution is 7.90. The molecule has 0 amide bonds. The quantitative estimate of drug-likeness (QED) is 0.617. The number of benzene rings is 1. The highest BCUT2D eigenvalue weighted by Gasteiger charge is 2.30. The van der Waals surface area contributed by atoms with E-state index in [1.807, 2.05) is 4.72 Å². The van der Waals surface area contributed by atoms with Gasteiger partial charge in [-0.25, -0.2) is 35.1 Å². The smallest absolute Gasteiger partial charge is 0.283 e. The summed E-state index contributed by atoms with van der Waals surface area (Å²) in [6, 6.07) is 4.02. The van der Waals surface area contributed by atoms with Gasteiger partial charge < -0.3 is 5.11 Å². The van der Waals surface area contributed by atoms with Gasteiger partial charge in [0.15, 0.2) is 0 Å². The van der Waals surface area contributed by atoms with Crippen molar-refractivity contribution in [2.75, 3.05) is 20.2 Å². The van der Waals surface area contributed by atoms with Gasteiger partial charge in [-0.05, 0) is 31.3 Å².